The predicted molar refractivity (Wildman–Crippen MR) is 59.1 cm³/mol. The van der Waals surface area contributed by atoms with Crippen molar-refractivity contribution in [1.29, 1.82) is 0 Å². The predicted octanol–water partition coefficient (Wildman–Crippen LogP) is 0.00470. The molecule has 2 N–H and O–H groups in total. The lowest BCUT2D eigenvalue weighted by Crippen LogP contribution is -2.47. The van der Waals surface area contributed by atoms with E-state index in [0.29, 0.717) is 0 Å². The summed E-state index contributed by atoms with van der Waals surface area (Å²) in [6, 6.07) is 0. The van der Waals surface area contributed by atoms with E-state index >= 15 is 0 Å². The second-order valence-electron chi connectivity index (χ2n) is 4.49. The zero-order valence-electron chi connectivity index (χ0n) is 10.6. The van der Waals surface area contributed by atoms with E-state index < -0.39 is 29.6 Å². The Balaban J connectivity index is 4.92. The van der Waals surface area contributed by atoms with Crippen LogP contribution >= 0.6 is 0 Å². The maximum atomic E-state index is 11.6. The van der Waals surface area contributed by atoms with Gasteiger partial charge < -0.3 is 19.7 Å². The number of carbonyl (C=O) groups is 2. The number of rotatable bonds is 6. The molecule has 0 aromatic carbocycles. The van der Waals surface area contributed by atoms with Crippen LogP contribution < -0.4 is 0 Å². The fourth-order valence-electron chi connectivity index (χ4n) is 1.50. The summed E-state index contributed by atoms with van der Waals surface area (Å²) in [7, 11) is 1.15. The Labute approximate surface area is 101 Å². The lowest BCUT2D eigenvalue weighted by Gasteiger charge is -2.30. The summed E-state index contributed by atoms with van der Waals surface area (Å²) in [5.74, 6) is -1.68. The number of hydrogen-bond acceptors (Lipinski definition) is 6. The maximum Gasteiger partial charge on any atom is 0.338 e. The maximum absolute atomic E-state index is 11.6. The van der Waals surface area contributed by atoms with Gasteiger partial charge in [0.25, 0.3) is 0 Å². The van der Waals surface area contributed by atoms with Crippen molar-refractivity contribution in [1.82, 2.24) is 0 Å². The molecule has 6 nitrogen and oxygen atoms in total. The minimum Gasteiger partial charge on any atom is -0.469 e. The SMILES string of the molecule is CCOC(=O)C(O)(CC(=O)OC)CC(C)(C)O. The Kier molecular flexibility index (Phi) is 5.57. The van der Waals surface area contributed by atoms with Gasteiger partial charge in [0, 0.05) is 6.42 Å². The third-order valence-corrected chi connectivity index (χ3v) is 2.04. The molecule has 0 aliphatic rings. The first-order valence-corrected chi connectivity index (χ1v) is 5.33. The van der Waals surface area contributed by atoms with Gasteiger partial charge in [0.1, 0.15) is 0 Å². The normalized spacial score (nSPS) is 14.9. The topological polar surface area (TPSA) is 93.1 Å². The van der Waals surface area contributed by atoms with Crippen LogP contribution in [-0.4, -0.2) is 47.1 Å². The van der Waals surface area contributed by atoms with E-state index in [2.05, 4.69) is 4.74 Å². The molecule has 0 bridgehead atoms. The van der Waals surface area contributed by atoms with Gasteiger partial charge in [-0.25, -0.2) is 4.79 Å². The summed E-state index contributed by atoms with van der Waals surface area (Å²) in [4.78, 5) is 22.8. The molecule has 0 rings (SSSR count). The average molecular weight is 248 g/mol. The summed E-state index contributed by atoms with van der Waals surface area (Å²) in [6.45, 7) is 4.51. The molecule has 0 aromatic rings. The molecular formula is C11H20O6. The van der Waals surface area contributed by atoms with E-state index in [1.807, 2.05) is 0 Å². The van der Waals surface area contributed by atoms with Crippen molar-refractivity contribution in [2.75, 3.05) is 13.7 Å². The van der Waals surface area contributed by atoms with Crippen molar-refractivity contribution in [3.05, 3.63) is 0 Å². The van der Waals surface area contributed by atoms with Gasteiger partial charge in [0.2, 0.25) is 0 Å². The summed E-state index contributed by atoms with van der Waals surface area (Å²) < 4.78 is 9.09. The number of methoxy groups -OCH3 is 1. The zero-order valence-corrected chi connectivity index (χ0v) is 10.6. The molecule has 17 heavy (non-hydrogen) atoms. The molecule has 0 amide bonds. The Hall–Kier alpha value is -1.14. The highest BCUT2D eigenvalue weighted by Crippen LogP contribution is 2.25. The molecule has 0 aromatic heterocycles. The Morgan fingerprint density at radius 2 is 1.76 bits per heavy atom. The fraction of sp³-hybridized carbons (Fsp3) is 0.818. The first-order valence-electron chi connectivity index (χ1n) is 5.33. The summed E-state index contributed by atoms with van der Waals surface area (Å²) in [5.41, 5.74) is -3.38. The standard InChI is InChI=1S/C11H20O6/c1-5-17-9(13)11(15,6-8(12)16-4)7-10(2,3)14/h14-15H,5-7H2,1-4H3. The lowest BCUT2D eigenvalue weighted by molar-refractivity contribution is -0.177. The van der Waals surface area contributed by atoms with Crippen LogP contribution in [0.4, 0.5) is 0 Å². The zero-order chi connectivity index (χ0) is 13.7. The number of ether oxygens (including phenoxy) is 2. The van der Waals surface area contributed by atoms with Crippen LogP contribution in [0, 0.1) is 0 Å². The van der Waals surface area contributed by atoms with Crippen LogP contribution in [0.25, 0.3) is 0 Å². The monoisotopic (exact) mass is 248 g/mol. The van der Waals surface area contributed by atoms with Gasteiger partial charge in [-0.1, -0.05) is 0 Å². The molecule has 0 saturated carbocycles. The van der Waals surface area contributed by atoms with Crippen molar-refractivity contribution < 1.29 is 29.3 Å². The van der Waals surface area contributed by atoms with E-state index in [0.717, 1.165) is 7.11 Å². The van der Waals surface area contributed by atoms with Gasteiger partial charge in [-0.2, -0.15) is 0 Å². The minimum absolute atomic E-state index is 0.0776. The number of carbonyl (C=O) groups excluding carboxylic acids is 2. The molecule has 0 saturated heterocycles. The molecule has 100 valence electrons. The quantitative estimate of drug-likeness (QED) is 0.643. The summed E-state index contributed by atoms with van der Waals surface area (Å²) in [6.07, 6.45) is -0.861. The van der Waals surface area contributed by atoms with Crippen LogP contribution in [0.1, 0.15) is 33.6 Å². The number of hydrogen-bond donors (Lipinski definition) is 2. The van der Waals surface area contributed by atoms with E-state index in [1.54, 1.807) is 6.92 Å². The van der Waals surface area contributed by atoms with Crippen LogP contribution in [0.5, 0.6) is 0 Å². The van der Waals surface area contributed by atoms with Gasteiger partial charge in [0.15, 0.2) is 5.60 Å². The van der Waals surface area contributed by atoms with E-state index in [-0.39, 0.29) is 13.0 Å². The number of esters is 2. The first-order chi connectivity index (χ1) is 7.64. The molecule has 1 atom stereocenters. The van der Waals surface area contributed by atoms with Crippen molar-refractivity contribution >= 4 is 11.9 Å². The third-order valence-electron chi connectivity index (χ3n) is 2.04. The second-order valence-corrected chi connectivity index (χ2v) is 4.49. The molecule has 0 heterocycles. The highest BCUT2D eigenvalue weighted by atomic mass is 16.6. The average Bonchev–Trinajstić information content (AvgIpc) is 2.14. The van der Waals surface area contributed by atoms with Gasteiger partial charge in [-0.3, -0.25) is 4.79 Å². The summed E-state index contributed by atoms with van der Waals surface area (Å²) >= 11 is 0. The van der Waals surface area contributed by atoms with Gasteiger partial charge in [0.05, 0.1) is 25.7 Å². The smallest absolute Gasteiger partial charge is 0.338 e. The molecular weight excluding hydrogens is 228 g/mol. The first kappa shape index (κ1) is 15.9. The highest BCUT2D eigenvalue weighted by molar-refractivity contribution is 5.85. The number of aliphatic hydroxyl groups is 2. The fourth-order valence-corrected chi connectivity index (χ4v) is 1.50. The van der Waals surface area contributed by atoms with E-state index in [4.69, 9.17) is 4.74 Å². The Morgan fingerprint density at radius 3 is 2.12 bits per heavy atom. The Bertz CT molecular complexity index is 280. The van der Waals surface area contributed by atoms with Crippen LogP contribution in [0.2, 0.25) is 0 Å². The van der Waals surface area contributed by atoms with Gasteiger partial charge in [-0.15, -0.1) is 0 Å². The summed E-state index contributed by atoms with van der Waals surface area (Å²) in [5, 5.41) is 19.7. The molecule has 0 radical (unpaired) electrons. The second kappa shape index (κ2) is 5.97. The van der Waals surface area contributed by atoms with Crippen molar-refractivity contribution in [3.63, 3.8) is 0 Å². The van der Waals surface area contributed by atoms with Crippen molar-refractivity contribution in [2.45, 2.75) is 44.8 Å². The highest BCUT2D eigenvalue weighted by Gasteiger charge is 2.44. The van der Waals surface area contributed by atoms with Crippen molar-refractivity contribution in [2.24, 2.45) is 0 Å². The molecule has 0 spiro atoms. The molecule has 0 aliphatic carbocycles. The van der Waals surface area contributed by atoms with E-state index in [9.17, 15) is 19.8 Å². The van der Waals surface area contributed by atoms with Crippen molar-refractivity contribution in [3.8, 4) is 0 Å². The van der Waals surface area contributed by atoms with Crippen LogP contribution in [-0.2, 0) is 19.1 Å². The van der Waals surface area contributed by atoms with Gasteiger partial charge >= 0.3 is 11.9 Å². The minimum atomic E-state index is -2.07. The largest absolute Gasteiger partial charge is 0.469 e. The van der Waals surface area contributed by atoms with Crippen LogP contribution in [0.15, 0.2) is 0 Å². The molecule has 6 heteroatoms. The molecule has 0 aliphatic heterocycles. The Morgan fingerprint density at radius 1 is 1.24 bits per heavy atom. The molecule has 1 unspecified atom stereocenters. The van der Waals surface area contributed by atoms with Crippen LogP contribution in [0.3, 0.4) is 0 Å². The lowest BCUT2D eigenvalue weighted by atomic mass is 9.87. The van der Waals surface area contributed by atoms with Gasteiger partial charge in [-0.05, 0) is 20.8 Å². The molecule has 0 fully saturated rings. The van der Waals surface area contributed by atoms with E-state index in [1.165, 1.54) is 13.8 Å². The third kappa shape index (κ3) is 5.65.